The molecule has 0 saturated carbocycles. The van der Waals surface area contributed by atoms with Gasteiger partial charge in [-0.05, 0) is 24.3 Å². The summed E-state index contributed by atoms with van der Waals surface area (Å²) in [4.78, 5) is 0. The lowest BCUT2D eigenvalue weighted by Crippen LogP contribution is -2.17. The molecule has 0 unspecified atom stereocenters. The van der Waals surface area contributed by atoms with Crippen LogP contribution in [0.25, 0.3) is 0 Å². The number of benzene rings is 2. The average molecular weight is 298 g/mol. The zero-order valence-corrected chi connectivity index (χ0v) is 11.1. The average Bonchev–Trinajstić information content (AvgIpc) is 2.40. The number of para-hydroxylation sites is 1. The first-order valence-corrected chi connectivity index (χ1v) is 5.94. The molecule has 4 nitrogen and oxygen atoms in total. The molecule has 0 aliphatic carbocycles. The molecular weight excluding hydrogens is 285 g/mol. The molecule has 0 radical (unpaired) electrons. The van der Waals surface area contributed by atoms with Gasteiger partial charge in [-0.3, -0.25) is 0 Å². The predicted octanol–water partition coefficient (Wildman–Crippen LogP) is 3.92. The number of halogens is 3. The molecule has 0 aromatic heterocycles. The molecule has 3 N–H and O–H groups in total. The van der Waals surface area contributed by atoms with Crippen LogP contribution in [0.4, 0.5) is 30.2 Å². The number of anilines is 3. The van der Waals surface area contributed by atoms with E-state index < -0.39 is 6.36 Å². The Morgan fingerprint density at radius 3 is 2.48 bits per heavy atom. The molecule has 112 valence electrons. The van der Waals surface area contributed by atoms with Crippen molar-refractivity contribution in [1.82, 2.24) is 0 Å². The molecule has 0 heterocycles. The number of rotatable bonds is 4. The topological polar surface area (TPSA) is 56.5 Å². The van der Waals surface area contributed by atoms with E-state index in [2.05, 4.69) is 10.1 Å². The van der Waals surface area contributed by atoms with Crippen LogP contribution in [0, 0.1) is 0 Å². The van der Waals surface area contributed by atoms with Gasteiger partial charge >= 0.3 is 6.36 Å². The monoisotopic (exact) mass is 298 g/mol. The maximum Gasteiger partial charge on any atom is 0.573 e. The maximum absolute atomic E-state index is 12.2. The lowest BCUT2D eigenvalue weighted by Gasteiger charge is -2.14. The second-order valence-electron chi connectivity index (χ2n) is 4.12. The second kappa shape index (κ2) is 5.82. The van der Waals surface area contributed by atoms with Gasteiger partial charge in [0.1, 0.15) is 11.5 Å². The fraction of sp³-hybridized carbons (Fsp3) is 0.143. The van der Waals surface area contributed by atoms with E-state index >= 15 is 0 Å². The SMILES string of the molecule is COc1cccc(Nc2cccc(OC(F)(F)F)c2)c1N. The molecule has 0 bridgehead atoms. The highest BCUT2D eigenvalue weighted by Gasteiger charge is 2.31. The summed E-state index contributed by atoms with van der Waals surface area (Å²) in [5.41, 5.74) is 7.19. The number of ether oxygens (including phenoxy) is 2. The summed E-state index contributed by atoms with van der Waals surface area (Å²) >= 11 is 0. The van der Waals surface area contributed by atoms with E-state index in [0.717, 1.165) is 0 Å². The third-order valence-corrected chi connectivity index (χ3v) is 2.63. The van der Waals surface area contributed by atoms with Gasteiger partial charge in [0, 0.05) is 11.8 Å². The largest absolute Gasteiger partial charge is 0.573 e. The van der Waals surface area contributed by atoms with E-state index in [9.17, 15) is 13.2 Å². The van der Waals surface area contributed by atoms with E-state index in [1.807, 2.05) is 0 Å². The van der Waals surface area contributed by atoms with Gasteiger partial charge in [-0.25, -0.2) is 0 Å². The first-order valence-electron chi connectivity index (χ1n) is 5.94. The van der Waals surface area contributed by atoms with Gasteiger partial charge in [-0.1, -0.05) is 12.1 Å². The van der Waals surface area contributed by atoms with Gasteiger partial charge in [0.2, 0.25) is 0 Å². The van der Waals surface area contributed by atoms with E-state index in [1.54, 1.807) is 24.3 Å². The van der Waals surface area contributed by atoms with Crippen molar-refractivity contribution in [2.24, 2.45) is 0 Å². The minimum atomic E-state index is -4.73. The van der Waals surface area contributed by atoms with Gasteiger partial charge in [-0.2, -0.15) is 0 Å². The third kappa shape index (κ3) is 3.95. The molecule has 0 fully saturated rings. The minimum absolute atomic E-state index is 0.311. The van der Waals surface area contributed by atoms with Crippen LogP contribution in [0.5, 0.6) is 11.5 Å². The molecule has 0 saturated heterocycles. The van der Waals surface area contributed by atoms with E-state index in [-0.39, 0.29) is 5.75 Å². The number of hydrogen-bond acceptors (Lipinski definition) is 4. The summed E-state index contributed by atoms with van der Waals surface area (Å²) in [6, 6.07) is 10.6. The van der Waals surface area contributed by atoms with Crippen LogP contribution < -0.4 is 20.5 Å². The Balaban J connectivity index is 2.22. The number of nitrogens with two attached hydrogens (primary N) is 1. The first kappa shape index (κ1) is 14.8. The number of methoxy groups -OCH3 is 1. The quantitative estimate of drug-likeness (QED) is 0.840. The Bertz CT molecular complexity index is 630. The van der Waals surface area contributed by atoms with Gasteiger partial charge in [0.05, 0.1) is 18.5 Å². The van der Waals surface area contributed by atoms with Crippen molar-refractivity contribution in [1.29, 1.82) is 0 Å². The summed E-state index contributed by atoms with van der Waals surface area (Å²) in [5, 5.41) is 2.92. The zero-order valence-electron chi connectivity index (χ0n) is 11.1. The van der Waals surface area contributed by atoms with E-state index in [0.29, 0.717) is 22.8 Å². The molecule has 2 aromatic rings. The number of hydrogen-bond donors (Lipinski definition) is 2. The van der Waals surface area contributed by atoms with Crippen LogP contribution in [-0.2, 0) is 0 Å². The first-order chi connectivity index (χ1) is 9.89. The van der Waals surface area contributed by atoms with Crippen molar-refractivity contribution in [2.75, 3.05) is 18.2 Å². The fourth-order valence-corrected chi connectivity index (χ4v) is 1.76. The van der Waals surface area contributed by atoms with Crippen LogP contribution in [0.2, 0.25) is 0 Å². The highest BCUT2D eigenvalue weighted by Crippen LogP contribution is 2.32. The molecule has 21 heavy (non-hydrogen) atoms. The van der Waals surface area contributed by atoms with Gasteiger partial charge in [0.15, 0.2) is 0 Å². The lowest BCUT2D eigenvalue weighted by atomic mass is 10.2. The normalized spacial score (nSPS) is 11.0. The molecule has 0 aliphatic rings. The molecular formula is C14H13F3N2O2. The predicted molar refractivity (Wildman–Crippen MR) is 73.8 cm³/mol. The standard InChI is InChI=1S/C14H13F3N2O2/c1-20-12-7-3-6-11(13(12)18)19-9-4-2-5-10(8-9)21-14(15,16)17/h2-8,19H,18H2,1H3. The Hall–Kier alpha value is -2.57. The van der Waals surface area contributed by atoms with Crippen molar-refractivity contribution < 1.29 is 22.6 Å². The molecule has 0 amide bonds. The Kier molecular flexibility index (Phi) is 4.11. The van der Waals surface area contributed by atoms with Crippen LogP contribution in [0.1, 0.15) is 0 Å². The fourth-order valence-electron chi connectivity index (χ4n) is 1.76. The Labute approximate surface area is 119 Å². The van der Waals surface area contributed by atoms with Gasteiger partial charge in [-0.15, -0.1) is 13.2 Å². The molecule has 7 heteroatoms. The number of nitrogens with one attached hydrogen (secondary N) is 1. The van der Waals surface area contributed by atoms with Gasteiger partial charge < -0.3 is 20.5 Å². The Morgan fingerprint density at radius 2 is 1.81 bits per heavy atom. The number of nitrogen functional groups attached to an aromatic ring is 1. The summed E-state index contributed by atoms with van der Waals surface area (Å²) in [7, 11) is 1.48. The molecule has 0 atom stereocenters. The summed E-state index contributed by atoms with van der Waals surface area (Å²) in [5.74, 6) is 0.164. The highest BCUT2D eigenvalue weighted by molar-refractivity contribution is 5.77. The van der Waals surface area contributed by atoms with Crippen LogP contribution in [-0.4, -0.2) is 13.5 Å². The van der Waals surface area contributed by atoms with Gasteiger partial charge in [0.25, 0.3) is 0 Å². The van der Waals surface area contributed by atoms with Crippen molar-refractivity contribution in [3.05, 3.63) is 42.5 Å². The zero-order chi connectivity index (χ0) is 15.5. The molecule has 0 spiro atoms. The summed E-state index contributed by atoms with van der Waals surface area (Å²) in [6.07, 6.45) is -4.73. The van der Waals surface area contributed by atoms with Crippen LogP contribution >= 0.6 is 0 Å². The minimum Gasteiger partial charge on any atom is -0.495 e. The van der Waals surface area contributed by atoms with E-state index in [4.69, 9.17) is 10.5 Å². The van der Waals surface area contributed by atoms with Crippen molar-refractivity contribution >= 4 is 17.1 Å². The van der Waals surface area contributed by atoms with Crippen molar-refractivity contribution in [3.8, 4) is 11.5 Å². The highest BCUT2D eigenvalue weighted by atomic mass is 19.4. The summed E-state index contributed by atoms with van der Waals surface area (Å²) in [6.45, 7) is 0. The van der Waals surface area contributed by atoms with E-state index in [1.165, 1.54) is 25.3 Å². The number of alkyl halides is 3. The van der Waals surface area contributed by atoms with Crippen LogP contribution in [0.15, 0.2) is 42.5 Å². The lowest BCUT2D eigenvalue weighted by molar-refractivity contribution is -0.274. The maximum atomic E-state index is 12.2. The van der Waals surface area contributed by atoms with Crippen molar-refractivity contribution in [2.45, 2.75) is 6.36 Å². The summed E-state index contributed by atoms with van der Waals surface area (Å²) < 4.78 is 45.5. The molecule has 2 rings (SSSR count). The third-order valence-electron chi connectivity index (χ3n) is 2.63. The van der Waals surface area contributed by atoms with Crippen molar-refractivity contribution in [3.63, 3.8) is 0 Å². The van der Waals surface area contributed by atoms with Crippen LogP contribution in [0.3, 0.4) is 0 Å². The smallest absolute Gasteiger partial charge is 0.495 e. The second-order valence-corrected chi connectivity index (χ2v) is 4.12. The molecule has 2 aromatic carbocycles. The molecule has 0 aliphatic heterocycles. The Morgan fingerprint density at radius 1 is 1.10 bits per heavy atom.